The zero-order valence-electron chi connectivity index (χ0n) is 11.8. The van der Waals surface area contributed by atoms with Crippen LogP contribution in [0.25, 0.3) is 22.3 Å². The van der Waals surface area contributed by atoms with Gasteiger partial charge in [0.1, 0.15) is 0 Å². The SMILES string of the molecule is FC1(F)CC(Cn2cc(-c3cnc4ccccc4n3)cn2)C1. The van der Waals surface area contributed by atoms with Crippen molar-refractivity contribution in [3.63, 3.8) is 0 Å². The first-order valence-electron chi connectivity index (χ1n) is 7.21. The van der Waals surface area contributed by atoms with Crippen molar-refractivity contribution < 1.29 is 8.78 Å². The van der Waals surface area contributed by atoms with E-state index in [0.717, 1.165) is 22.3 Å². The minimum atomic E-state index is -2.48. The van der Waals surface area contributed by atoms with Crippen molar-refractivity contribution in [3.8, 4) is 11.3 Å². The van der Waals surface area contributed by atoms with Crippen molar-refractivity contribution >= 4 is 11.0 Å². The third kappa shape index (κ3) is 2.45. The van der Waals surface area contributed by atoms with Gasteiger partial charge < -0.3 is 0 Å². The monoisotopic (exact) mass is 300 g/mol. The summed E-state index contributed by atoms with van der Waals surface area (Å²) < 4.78 is 27.4. The van der Waals surface area contributed by atoms with Crippen LogP contribution in [0.1, 0.15) is 12.8 Å². The van der Waals surface area contributed by atoms with Crippen LogP contribution in [0.5, 0.6) is 0 Å². The van der Waals surface area contributed by atoms with Gasteiger partial charge in [0.05, 0.1) is 29.1 Å². The lowest BCUT2D eigenvalue weighted by Crippen LogP contribution is -2.37. The molecule has 0 atom stereocenters. The van der Waals surface area contributed by atoms with Crippen LogP contribution in [0.2, 0.25) is 0 Å². The van der Waals surface area contributed by atoms with Gasteiger partial charge in [0.2, 0.25) is 5.92 Å². The van der Waals surface area contributed by atoms with Crippen molar-refractivity contribution in [1.29, 1.82) is 0 Å². The smallest absolute Gasteiger partial charge is 0.248 e. The molecule has 0 amide bonds. The Bertz CT molecular complexity index is 820. The van der Waals surface area contributed by atoms with Crippen molar-refractivity contribution in [2.45, 2.75) is 25.3 Å². The molecule has 4 rings (SSSR count). The number of alkyl halides is 2. The highest BCUT2D eigenvalue weighted by Crippen LogP contribution is 2.43. The van der Waals surface area contributed by atoms with E-state index in [1.54, 1.807) is 17.1 Å². The fourth-order valence-corrected chi connectivity index (χ4v) is 2.87. The minimum absolute atomic E-state index is 0.00503. The van der Waals surface area contributed by atoms with E-state index < -0.39 is 5.92 Å². The molecule has 0 saturated heterocycles. The van der Waals surface area contributed by atoms with E-state index >= 15 is 0 Å². The van der Waals surface area contributed by atoms with Gasteiger partial charge in [-0.2, -0.15) is 5.10 Å². The molecule has 0 unspecified atom stereocenters. The highest BCUT2D eigenvalue weighted by molar-refractivity contribution is 5.76. The molecule has 1 saturated carbocycles. The van der Waals surface area contributed by atoms with E-state index in [4.69, 9.17) is 0 Å². The molecular formula is C16H14F2N4. The van der Waals surface area contributed by atoms with Gasteiger partial charge in [-0.1, -0.05) is 12.1 Å². The third-order valence-corrected chi connectivity index (χ3v) is 4.00. The maximum absolute atomic E-state index is 12.9. The molecule has 4 nitrogen and oxygen atoms in total. The van der Waals surface area contributed by atoms with Crippen LogP contribution in [0.15, 0.2) is 42.9 Å². The second kappa shape index (κ2) is 4.83. The van der Waals surface area contributed by atoms with Gasteiger partial charge in [-0.3, -0.25) is 9.67 Å². The van der Waals surface area contributed by atoms with Gasteiger partial charge >= 0.3 is 0 Å². The molecule has 0 aliphatic heterocycles. The number of rotatable bonds is 3. The Balaban J connectivity index is 1.55. The Morgan fingerprint density at radius 2 is 1.91 bits per heavy atom. The molecule has 2 heterocycles. The van der Waals surface area contributed by atoms with Gasteiger partial charge in [0.25, 0.3) is 0 Å². The molecule has 0 radical (unpaired) electrons. The van der Waals surface area contributed by atoms with E-state index in [1.165, 1.54) is 0 Å². The van der Waals surface area contributed by atoms with E-state index in [0.29, 0.717) is 6.54 Å². The molecule has 22 heavy (non-hydrogen) atoms. The Labute approximate surface area is 125 Å². The number of aromatic nitrogens is 4. The van der Waals surface area contributed by atoms with Gasteiger partial charge in [-0.05, 0) is 18.1 Å². The van der Waals surface area contributed by atoms with Crippen LogP contribution in [0.4, 0.5) is 8.78 Å². The van der Waals surface area contributed by atoms with Crippen LogP contribution in [-0.2, 0) is 6.54 Å². The molecule has 1 aromatic carbocycles. The van der Waals surface area contributed by atoms with Crippen molar-refractivity contribution in [3.05, 3.63) is 42.9 Å². The summed E-state index contributed by atoms with van der Waals surface area (Å²) >= 11 is 0. The first-order valence-corrected chi connectivity index (χ1v) is 7.21. The predicted octanol–water partition coefficient (Wildman–Crippen LogP) is 3.54. The van der Waals surface area contributed by atoms with E-state index in [9.17, 15) is 8.78 Å². The molecule has 2 aromatic heterocycles. The molecular weight excluding hydrogens is 286 g/mol. The van der Waals surface area contributed by atoms with Crippen LogP contribution in [0, 0.1) is 5.92 Å². The fraction of sp³-hybridized carbons (Fsp3) is 0.312. The largest absolute Gasteiger partial charge is 0.272 e. The van der Waals surface area contributed by atoms with Crippen molar-refractivity contribution in [1.82, 2.24) is 19.7 Å². The van der Waals surface area contributed by atoms with E-state index in [2.05, 4.69) is 15.1 Å². The van der Waals surface area contributed by atoms with Crippen LogP contribution in [0.3, 0.4) is 0 Å². The molecule has 1 aliphatic carbocycles. The number of para-hydroxylation sites is 2. The highest BCUT2D eigenvalue weighted by Gasteiger charge is 2.45. The Morgan fingerprint density at radius 1 is 1.14 bits per heavy atom. The van der Waals surface area contributed by atoms with Gasteiger partial charge in [-0.25, -0.2) is 13.8 Å². The third-order valence-electron chi connectivity index (χ3n) is 4.00. The Hall–Kier alpha value is -2.37. The molecule has 6 heteroatoms. The molecule has 1 aliphatic rings. The number of hydrogen-bond donors (Lipinski definition) is 0. The summed E-state index contributed by atoms with van der Waals surface area (Å²) in [6.45, 7) is 0.524. The molecule has 1 fully saturated rings. The molecule has 112 valence electrons. The Morgan fingerprint density at radius 3 is 2.68 bits per heavy atom. The lowest BCUT2D eigenvalue weighted by molar-refractivity contribution is -0.114. The number of halogens is 2. The maximum atomic E-state index is 12.9. The number of nitrogens with zero attached hydrogens (tertiary/aromatic N) is 4. The van der Waals surface area contributed by atoms with Crippen LogP contribution < -0.4 is 0 Å². The summed E-state index contributed by atoms with van der Waals surface area (Å²) in [5.74, 6) is -2.48. The molecule has 3 aromatic rings. The maximum Gasteiger partial charge on any atom is 0.248 e. The first kappa shape index (κ1) is 13.3. The zero-order chi connectivity index (χ0) is 15.2. The van der Waals surface area contributed by atoms with Gasteiger partial charge in [0, 0.05) is 31.1 Å². The normalized spacial score (nSPS) is 17.5. The molecule has 0 spiro atoms. The second-order valence-electron chi connectivity index (χ2n) is 5.83. The van der Waals surface area contributed by atoms with Gasteiger partial charge in [0.15, 0.2) is 0 Å². The van der Waals surface area contributed by atoms with Crippen molar-refractivity contribution in [2.24, 2.45) is 5.92 Å². The van der Waals surface area contributed by atoms with Crippen LogP contribution >= 0.6 is 0 Å². The topological polar surface area (TPSA) is 43.6 Å². The summed E-state index contributed by atoms with van der Waals surface area (Å²) in [6.07, 6.45) is 5.17. The number of hydrogen-bond acceptors (Lipinski definition) is 3. The van der Waals surface area contributed by atoms with Gasteiger partial charge in [-0.15, -0.1) is 0 Å². The van der Waals surface area contributed by atoms with E-state index in [1.807, 2.05) is 30.5 Å². The van der Waals surface area contributed by atoms with E-state index in [-0.39, 0.29) is 18.8 Å². The first-order chi connectivity index (χ1) is 10.6. The lowest BCUT2D eigenvalue weighted by atomic mass is 9.81. The average Bonchev–Trinajstić information content (AvgIpc) is 2.93. The standard InChI is InChI=1S/C16H14F2N4/c17-16(18)5-11(6-16)9-22-10-12(7-20-22)15-8-19-13-3-1-2-4-14(13)21-15/h1-4,7-8,10-11H,5-6,9H2. The lowest BCUT2D eigenvalue weighted by Gasteiger charge is -2.34. The summed E-state index contributed by atoms with van der Waals surface area (Å²) in [6, 6.07) is 7.66. The summed E-state index contributed by atoms with van der Waals surface area (Å²) in [7, 11) is 0. The number of benzene rings is 1. The molecule has 0 bridgehead atoms. The fourth-order valence-electron chi connectivity index (χ4n) is 2.87. The average molecular weight is 300 g/mol. The minimum Gasteiger partial charge on any atom is -0.272 e. The quantitative estimate of drug-likeness (QED) is 0.743. The summed E-state index contributed by atoms with van der Waals surface area (Å²) in [4.78, 5) is 8.93. The Kier molecular flexibility index (Phi) is 2.92. The van der Waals surface area contributed by atoms with Crippen LogP contribution in [-0.4, -0.2) is 25.7 Å². The predicted molar refractivity (Wildman–Crippen MR) is 78.4 cm³/mol. The summed E-state index contributed by atoms with van der Waals surface area (Å²) in [5, 5.41) is 4.25. The zero-order valence-corrected chi connectivity index (χ0v) is 11.8. The number of fused-ring (bicyclic) bond motifs is 1. The highest BCUT2D eigenvalue weighted by atomic mass is 19.3. The van der Waals surface area contributed by atoms with Crippen molar-refractivity contribution in [2.75, 3.05) is 0 Å². The second-order valence-corrected chi connectivity index (χ2v) is 5.83. The summed E-state index contributed by atoms with van der Waals surface area (Å²) in [5.41, 5.74) is 3.26. The molecule has 0 N–H and O–H groups in total.